The van der Waals surface area contributed by atoms with Crippen LogP contribution in [0.1, 0.15) is 103 Å². The van der Waals surface area contributed by atoms with Crippen molar-refractivity contribution >= 4 is 20.2 Å². The molecule has 0 amide bonds. The standard InChI is InChI=1S/C25H45ClO2Si/c1-4-5-6-7-8-9-10-11-12-13-14-15-16-17-20-23-27-29(2,3)28-25-22-19-18-21-24(25)26/h18-19,21-22H,4-17,20,23H2,1-3H3. The number of para-hydroxylation sites is 1. The van der Waals surface area contributed by atoms with E-state index in [4.69, 9.17) is 20.5 Å². The number of unbranched alkanes of at least 4 members (excludes halogenated alkanes) is 14. The monoisotopic (exact) mass is 440 g/mol. The lowest BCUT2D eigenvalue weighted by Crippen LogP contribution is -2.38. The smallest absolute Gasteiger partial charge is 0.392 e. The normalized spacial score (nSPS) is 11.7. The summed E-state index contributed by atoms with van der Waals surface area (Å²) in [7, 11) is -2.17. The quantitative estimate of drug-likeness (QED) is 0.157. The van der Waals surface area contributed by atoms with Gasteiger partial charge in [0.2, 0.25) is 0 Å². The number of hydrogen-bond donors (Lipinski definition) is 0. The zero-order valence-electron chi connectivity index (χ0n) is 19.3. The van der Waals surface area contributed by atoms with Gasteiger partial charge < -0.3 is 8.85 Å². The lowest BCUT2D eigenvalue weighted by Gasteiger charge is -2.24. The third-order valence-electron chi connectivity index (χ3n) is 5.39. The topological polar surface area (TPSA) is 18.5 Å². The van der Waals surface area contributed by atoms with E-state index in [1.54, 1.807) is 0 Å². The second-order valence-electron chi connectivity index (χ2n) is 8.73. The number of halogens is 1. The van der Waals surface area contributed by atoms with Crippen molar-refractivity contribution in [1.82, 2.24) is 0 Å². The van der Waals surface area contributed by atoms with E-state index in [9.17, 15) is 0 Å². The minimum absolute atomic E-state index is 0.656. The molecule has 2 nitrogen and oxygen atoms in total. The maximum Gasteiger partial charge on any atom is 0.392 e. The van der Waals surface area contributed by atoms with Crippen molar-refractivity contribution in [2.45, 2.75) is 116 Å². The first kappa shape index (κ1) is 26.5. The summed E-state index contributed by atoms with van der Waals surface area (Å²) in [5.74, 6) is 0.738. The van der Waals surface area contributed by atoms with Gasteiger partial charge in [-0.05, 0) is 31.6 Å². The maximum atomic E-state index is 6.17. The van der Waals surface area contributed by atoms with Gasteiger partial charge in [0.1, 0.15) is 5.75 Å². The Morgan fingerprint density at radius 1 is 0.690 bits per heavy atom. The Labute approximate surface area is 187 Å². The van der Waals surface area contributed by atoms with Crippen molar-refractivity contribution in [1.29, 1.82) is 0 Å². The average Bonchev–Trinajstić information content (AvgIpc) is 2.69. The highest BCUT2D eigenvalue weighted by atomic mass is 35.5. The van der Waals surface area contributed by atoms with Gasteiger partial charge in [-0.2, -0.15) is 0 Å². The van der Waals surface area contributed by atoms with Crippen LogP contribution in [-0.2, 0) is 4.43 Å². The molecule has 0 saturated carbocycles. The Morgan fingerprint density at radius 2 is 1.14 bits per heavy atom. The minimum Gasteiger partial charge on any atom is -0.519 e. The fourth-order valence-corrected chi connectivity index (χ4v) is 5.25. The molecule has 1 aromatic rings. The van der Waals surface area contributed by atoms with E-state index >= 15 is 0 Å². The van der Waals surface area contributed by atoms with E-state index in [0.717, 1.165) is 18.8 Å². The zero-order valence-corrected chi connectivity index (χ0v) is 21.1. The van der Waals surface area contributed by atoms with Crippen LogP contribution in [0.4, 0.5) is 0 Å². The van der Waals surface area contributed by atoms with Gasteiger partial charge in [-0.3, -0.25) is 0 Å². The van der Waals surface area contributed by atoms with Crippen LogP contribution in [0.2, 0.25) is 18.1 Å². The Kier molecular flexibility index (Phi) is 15.7. The highest BCUT2D eigenvalue weighted by Gasteiger charge is 2.27. The van der Waals surface area contributed by atoms with Crippen LogP contribution in [0.3, 0.4) is 0 Å². The third-order valence-corrected chi connectivity index (χ3v) is 7.31. The summed E-state index contributed by atoms with van der Waals surface area (Å²) in [5.41, 5.74) is 0. The molecule has 0 bridgehead atoms. The fraction of sp³-hybridized carbons (Fsp3) is 0.760. The van der Waals surface area contributed by atoms with E-state index in [-0.39, 0.29) is 0 Å². The van der Waals surface area contributed by atoms with Gasteiger partial charge in [0.15, 0.2) is 0 Å². The van der Waals surface area contributed by atoms with Gasteiger partial charge in [0, 0.05) is 6.61 Å². The van der Waals surface area contributed by atoms with Crippen molar-refractivity contribution in [3.63, 3.8) is 0 Å². The van der Waals surface area contributed by atoms with Crippen LogP contribution in [0, 0.1) is 0 Å². The predicted octanol–water partition coefficient (Wildman–Crippen LogP) is 9.31. The van der Waals surface area contributed by atoms with Gasteiger partial charge >= 0.3 is 8.56 Å². The van der Waals surface area contributed by atoms with Crippen molar-refractivity contribution in [2.24, 2.45) is 0 Å². The first-order valence-electron chi connectivity index (χ1n) is 12.1. The number of hydrogen-bond acceptors (Lipinski definition) is 2. The molecule has 0 N–H and O–H groups in total. The molecule has 0 heterocycles. The van der Waals surface area contributed by atoms with Crippen LogP contribution in [0.5, 0.6) is 5.75 Å². The average molecular weight is 441 g/mol. The summed E-state index contributed by atoms with van der Waals surface area (Å²) < 4.78 is 12.1. The molecule has 0 saturated heterocycles. The molecule has 0 spiro atoms. The van der Waals surface area contributed by atoms with E-state index in [1.165, 1.54) is 89.9 Å². The minimum atomic E-state index is -2.17. The Bertz CT molecular complexity index is 507. The van der Waals surface area contributed by atoms with Crippen LogP contribution >= 0.6 is 11.6 Å². The van der Waals surface area contributed by atoms with Gasteiger partial charge in [0.25, 0.3) is 0 Å². The van der Waals surface area contributed by atoms with Crippen LogP contribution in [-0.4, -0.2) is 15.2 Å². The third kappa shape index (κ3) is 15.0. The molecule has 29 heavy (non-hydrogen) atoms. The van der Waals surface area contributed by atoms with E-state index in [1.807, 2.05) is 24.3 Å². The second-order valence-corrected chi connectivity index (χ2v) is 12.4. The van der Waals surface area contributed by atoms with Gasteiger partial charge in [0.05, 0.1) is 5.02 Å². The van der Waals surface area contributed by atoms with Gasteiger partial charge in [-0.1, -0.05) is 121 Å². The van der Waals surface area contributed by atoms with Crippen LogP contribution in [0.25, 0.3) is 0 Å². The molecular formula is C25H45ClO2Si. The first-order chi connectivity index (χ1) is 14.0. The summed E-state index contributed by atoms with van der Waals surface area (Å²) in [6, 6.07) is 7.63. The molecule has 0 unspecified atom stereocenters. The van der Waals surface area contributed by atoms with Crippen molar-refractivity contribution in [3.8, 4) is 5.75 Å². The molecule has 0 atom stereocenters. The van der Waals surface area contributed by atoms with E-state index in [0.29, 0.717) is 5.02 Å². The Balaban J connectivity index is 1.88. The SMILES string of the molecule is CCCCCCCCCCCCCCCCCO[Si](C)(C)Oc1ccccc1Cl. The molecule has 0 aliphatic carbocycles. The fourth-order valence-electron chi connectivity index (χ4n) is 3.61. The largest absolute Gasteiger partial charge is 0.519 e. The van der Waals surface area contributed by atoms with Crippen molar-refractivity contribution in [2.75, 3.05) is 6.61 Å². The lowest BCUT2D eigenvalue weighted by atomic mass is 10.0. The summed E-state index contributed by atoms with van der Waals surface area (Å²) >= 11 is 6.17. The van der Waals surface area contributed by atoms with Crippen molar-refractivity contribution in [3.05, 3.63) is 29.3 Å². The molecule has 168 valence electrons. The van der Waals surface area contributed by atoms with Crippen LogP contribution in [0.15, 0.2) is 24.3 Å². The summed E-state index contributed by atoms with van der Waals surface area (Å²) in [4.78, 5) is 0. The number of rotatable bonds is 19. The molecule has 0 aliphatic heterocycles. The van der Waals surface area contributed by atoms with E-state index in [2.05, 4.69) is 20.0 Å². The van der Waals surface area contributed by atoms with Crippen molar-refractivity contribution < 1.29 is 8.85 Å². The second kappa shape index (κ2) is 17.2. The zero-order chi connectivity index (χ0) is 21.2. The molecule has 1 rings (SSSR count). The molecular weight excluding hydrogens is 396 g/mol. The summed E-state index contributed by atoms with van der Waals surface area (Å²) in [6.45, 7) is 7.25. The Morgan fingerprint density at radius 3 is 1.62 bits per heavy atom. The number of benzene rings is 1. The lowest BCUT2D eigenvalue weighted by molar-refractivity contribution is 0.241. The molecule has 0 aromatic heterocycles. The Hall–Kier alpha value is -0.513. The highest BCUT2D eigenvalue weighted by Crippen LogP contribution is 2.26. The van der Waals surface area contributed by atoms with Crippen LogP contribution < -0.4 is 4.43 Å². The van der Waals surface area contributed by atoms with Gasteiger partial charge in [-0.25, -0.2) is 0 Å². The van der Waals surface area contributed by atoms with Gasteiger partial charge in [-0.15, -0.1) is 0 Å². The first-order valence-corrected chi connectivity index (χ1v) is 15.3. The summed E-state index contributed by atoms with van der Waals surface area (Å²) in [5, 5.41) is 0.656. The molecule has 4 heteroatoms. The predicted molar refractivity (Wildman–Crippen MR) is 130 cm³/mol. The molecule has 1 aromatic carbocycles. The highest BCUT2D eigenvalue weighted by molar-refractivity contribution is 6.65. The molecule has 0 radical (unpaired) electrons. The molecule has 0 aliphatic rings. The van der Waals surface area contributed by atoms with E-state index < -0.39 is 8.56 Å². The maximum absolute atomic E-state index is 6.17. The molecule has 0 fully saturated rings. The summed E-state index contributed by atoms with van der Waals surface area (Å²) in [6.07, 6.45) is 20.8.